The zero-order valence-electron chi connectivity index (χ0n) is 15.6. The number of pyridine rings is 1. The molecule has 0 aliphatic heterocycles. The van der Waals surface area contributed by atoms with Crippen LogP contribution in [-0.4, -0.2) is 11.0 Å². The number of halogens is 1. The Morgan fingerprint density at radius 1 is 0.929 bits per heavy atom. The van der Waals surface area contributed by atoms with Crippen molar-refractivity contribution in [1.82, 2.24) is 4.98 Å². The van der Waals surface area contributed by atoms with E-state index in [1.54, 1.807) is 12.1 Å². The summed E-state index contributed by atoms with van der Waals surface area (Å²) in [5, 5.41) is 0.790. The fourth-order valence-corrected chi connectivity index (χ4v) is 3.36. The van der Waals surface area contributed by atoms with Gasteiger partial charge >= 0.3 is 5.97 Å². The van der Waals surface area contributed by atoms with E-state index in [0.717, 1.165) is 32.2 Å². The van der Waals surface area contributed by atoms with Crippen LogP contribution >= 0.6 is 15.9 Å². The van der Waals surface area contributed by atoms with Gasteiger partial charge in [0.1, 0.15) is 5.75 Å². The minimum Gasteiger partial charge on any atom is -0.423 e. The minimum atomic E-state index is -0.395. The molecule has 138 valence electrons. The van der Waals surface area contributed by atoms with Crippen molar-refractivity contribution in [3.05, 3.63) is 94.0 Å². The molecule has 0 saturated heterocycles. The number of esters is 1. The predicted octanol–water partition coefficient (Wildman–Crippen LogP) is 6.50. The third kappa shape index (κ3) is 3.69. The molecule has 1 aromatic heterocycles. The van der Waals surface area contributed by atoms with Crippen LogP contribution in [0.1, 0.15) is 21.5 Å². The zero-order chi connectivity index (χ0) is 19.7. The number of aryl methyl sites for hydroxylation is 2. The highest BCUT2D eigenvalue weighted by molar-refractivity contribution is 9.10. The molecule has 0 unspecified atom stereocenters. The molecule has 0 bridgehead atoms. The predicted molar refractivity (Wildman–Crippen MR) is 116 cm³/mol. The normalized spacial score (nSPS) is 10.8. The lowest BCUT2D eigenvalue weighted by molar-refractivity contribution is 0.0737. The van der Waals surface area contributed by atoms with Crippen LogP contribution in [0.3, 0.4) is 0 Å². The van der Waals surface area contributed by atoms with Crippen molar-refractivity contribution in [2.24, 2.45) is 0 Å². The highest BCUT2D eigenvalue weighted by Gasteiger charge is 2.17. The van der Waals surface area contributed by atoms with E-state index in [0.29, 0.717) is 11.3 Å². The number of para-hydroxylation sites is 1. The molecular weight excluding hydrogens is 414 g/mol. The molecule has 0 fully saturated rings. The van der Waals surface area contributed by atoms with Crippen molar-refractivity contribution in [3.8, 4) is 17.0 Å². The number of carbonyl (C=O) groups excluding carboxylic acids is 1. The molecule has 3 aromatic carbocycles. The van der Waals surface area contributed by atoms with E-state index in [1.807, 2.05) is 74.5 Å². The number of ether oxygens (including phenoxy) is 1. The number of aromatic nitrogens is 1. The summed E-state index contributed by atoms with van der Waals surface area (Å²) in [5.41, 5.74) is 5.23. The molecule has 1 heterocycles. The molecule has 0 aliphatic rings. The summed E-state index contributed by atoms with van der Waals surface area (Å²) in [6.45, 7) is 4.04. The first kappa shape index (κ1) is 18.4. The fourth-order valence-electron chi connectivity index (χ4n) is 3.10. The van der Waals surface area contributed by atoms with E-state index in [4.69, 9.17) is 9.72 Å². The summed E-state index contributed by atoms with van der Waals surface area (Å²) in [6.07, 6.45) is 0. The summed E-state index contributed by atoms with van der Waals surface area (Å²) < 4.78 is 6.56. The third-order valence-electron chi connectivity index (χ3n) is 4.63. The standard InChI is InChI=1S/C24H18BrNO2/c1-15-6-8-17(9-7-15)22-14-21(20-5-3-4-16(2)23(20)26-22)24(27)28-19-12-10-18(25)11-13-19/h3-14H,1-2H3. The number of fused-ring (bicyclic) bond motifs is 1. The van der Waals surface area contributed by atoms with Crippen LogP contribution in [0.25, 0.3) is 22.2 Å². The molecule has 3 nitrogen and oxygen atoms in total. The molecule has 0 atom stereocenters. The molecular formula is C24H18BrNO2. The van der Waals surface area contributed by atoms with Crippen LogP contribution in [0, 0.1) is 13.8 Å². The number of nitrogens with zero attached hydrogens (tertiary/aromatic N) is 1. The number of rotatable bonds is 3. The quantitative estimate of drug-likeness (QED) is 0.274. The first-order chi connectivity index (χ1) is 13.5. The van der Waals surface area contributed by atoms with Crippen molar-refractivity contribution in [3.63, 3.8) is 0 Å². The van der Waals surface area contributed by atoms with Crippen LogP contribution in [0.15, 0.2) is 77.3 Å². The van der Waals surface area contributed by atoms with Crippen molar-refractivity contribution >= 4 is 32.8 Å². The van der Waals surface area contributed by atoms with Crippen molar-refractivity contribution in [1.29, 1.82) is 0 Å². The van der Waals surface area contributed by atoms with Gasteiger partial charge in [-0.2, -0.15) is 0 Å². The zero-order valence-corrected chi connectivity index (χ0v) is 17.2. The molecule has 0 amide bonds. The molecule has 0 N–H and O–H groups in total. The first-order valence-corrected chi connectivity index (χ1v) is 9.76. The topological polar surface area (TPSA) is 39.2 Å². The monoisotopic (exact) mass is 431 g/mol. The molecule has 4 aromatic rings. The minimum absolute atomic E-state index is 0.395. The Morgan fingerprint density at radius 3 is 2.36 bits per heavy atom. The number of carbonyl (C=O) groups is 1. The number of hydrogen-bond acceptors (Lipinski definition) is 3. The largest absolute Gasteiger partial charge is 0.423 e. The Labute approximate surface area is 172 Å². The summed E-state index contributed by atoms with van der Waals surface area (Å²) >= 11 is 3.39. The lowest BCUT2D eigenvalue weighted by Crippen LogP contribution is -2.10. The van der Waals surface area contributed by atoms with Gasteiger partial charge in [-0.25, -0.2) is 9.78 Å². The van der Waals surface area contributed by atoms with Crippen LogP contribution in [0.5, 0.6) is 5.75 Å². The second kappa shape index (κ2) is 7.56. The van der Waals surface area contributed by atoms with Gasteiger partial charge < -0.3 is 4.74 Å². The molecule has 0 aliphatic carbocycles. The highest BCUT2D eigenvalue weighted by Crippen LogP contribution is 2.28. The third-order valence-corrected chi connectivity index (χ3v) is 5.16. The average Bonchev–Trinajstić information content (AvgIpc) is 2.70. The molecule has 4 rings (SSSR count). The van der Waals surface area contributed by atoms with Gasteiger partial charge in [-0.15, -0.1) is 0 Å². The van der Waals surface area contributed by atoms with E-state index in [2.05, 4.69) is 15.9 Å². The van der Waals surface area contributed by atoms with Crippen LogP contribution in [0.4, 0.5) is 0 Å². The molecule has 0 radical (unpaired) electrons. The number of hydrogen-bond donors (Lipinski definition) is 0. The Kier molecular flexibility index (Phi) is 4.97. The van der Waals surface area contributed by atoms with Gasteiger partial charge in [0.25, 0.3) is 0 Å². The smallest absolute Gasteiger partial charge is 0.344 e. The van der Waals surface area contributed by atoms with E-state index >= 15 is 0 Å². The van der Waals surface area contributed by atoms with Gasteiger partial charge in [-0.05, 0) is 49.7 Å². The average molecular weight is 432 g/mol. The van der Waals surface area contributed by atoms with Crippen LogP contribution in [0.2, 0.25) is 0 Å². The Bertz CT molecular complexity index is 1170. The van der Waals surface area contributed by atoms with Crippen LogP contribution in [-0.2, 0) is 0 Å². The highest BCUT2D eigenvalue weighted by atomic mass is 79.9. The van der Waals surface area contributed by atoms with Gasteiger partial charge in [0.15, 0.2) is 0 Å². The SMILES string of the molecule is Cc1ccc(-c2cc(C(=O)Oc3ccc(Br)cc3)c3cccc(C)c3n2)cc1. The fraction of sp³-hybridized carbons (Fsp3) is 0.0833. The molecule has 28 heavy (non-hydrogen) atoms. The maximum atomic E-state index is 13.0. The number of benzene rings is 3. The molecule has 4 heteroatoms. The summed E-state index contributed by atoms with van der Waals surface area (Å²) in [6, 6.07) is 23.0. The van der Waals surface area contributed by atoms with E-state index in [1.165, 1.54) is 5.56 Å². The van der Waals surface area contributed by atoms with Crippen molar-refractivity contribution < 1.29 is 9.53 Å². The van der Waals surface area contributed by atoms with E-state index in [9.17, 15) is 4.79 Å². The Hall–Kier alpha value is -2.98. The molecule has 0 saturated carbocycles. The second-order valence-electron chi connectivity index (χ2n) is 6.74. The second-order valence-corrected chi connectivity index (χ2v) is 7.65. The van der Waals surface area contributed by atoms with Gasteiger partial charge in [0, 0.05) is 15.4 Å². The van der Waals surface area contributed by atoms with Gasteiger partial charge in [0.05, 0.1) is 16.8 Å². The maximum Gasteiger partial charge on any atom is 0.344 e. The Balaban J connectivity index is 1.83. The van der Waals surface area contributed by atoms with Crippen molar-refractivity contribution in [2.45, 2.75) is 13.8 Å². The van der Waals surface area contributed by atoms with Gasteiger partial charge in [0.2, 0.25) is 0 Å². The van der Waals surface area contributed by atoms with Crippen molar-refractivity contribution in [2.75, 3.05) is 0 Å². The Morgan fingerprint density at radius 2 is 1.64 bits per heavy atom. The van der Waals surface area contributed by atoms with Crippen LogP contribution < -0.4 is 4.74 Å². The van der Waals surface area contributed by atoms with E-state index in [-0.39, 0.29) is 0 Å². The summed E-state index contributed by atoms with van der Waals surface area (Å²) in [7, 11) is 0. The van der Waals surface area contributed by atoms with Gasteiger partial charge in [-0.1, -0.05) is 64.0 Å². The first-order valence-electron chi connectivity index (χ1n) is 8.96. The lowest BCUT2D eigenvalue weighted by atomic mass is 10.0. The van der Waals surface area contributed by atoms with Gasteiger partial charge in [-0.3, -0.25) is 0 Å². The van der Waals surface area contributed by atoms with E-state index < -0.39 is 5.97 Å². The summed E-state index contributed by atoms with van der Waals surface area (Å²) in [5.74, 6) is 0.108. The lowest BCUT2D eigenvalue weighted by Gasteiger charge is -2.11. The maximum absolute atomic E-state index is 13.0. The summed E-state index contributed by atoms with van der Waals surface area (Å²) in [4.78, 5) is 17.8. The molecule has 0 spiro atoms.